The maximum Gasteiger partial charge on any atom is 0.250 e. The molecule has 0 aliphatic rings. The molecule has 5 nitrogen and oxygen atoms in total. The number of benzene rings is 2. The standard InChI is InChI=1S/C14H13ClN2O3/c15-11-3-2-9(6-10(11)14(16)20)17-7-8-1-4-12(18)13(19)5-8/h1-6,17-19H,7H2,(H2,16,20). The summed E-state index contributed by atoms with van der Waals surface area (Å²) >= 11 is 5.86. The fourth-order valence-electron chi connectivity index (χ4n) is 1.71. The Morgan fingerprint density at radius 2 is 1.90 bits per heavy atom. The molecule has 0 saturated heterocycles. The maximum absolute atomic E-state index is 11.2. The Hall–Kier alpha value is -2.40. The Bertz CT molecular complexity index is 659. The first-order valence-electron chi connectivity index (χ1n) is 5.81. The van der Waals surface area contributed by atoms with Gasteiger partial charge in [-0.2, -0.15) is 0 Å². The highest BCUT2D eigenvalue weighted by Crippen LogP contribution is 2.26. The van der Waals surface area contributed by atoms with Crippen LogP contribution in [0.1, 0.15) is 15.9 Å². The summed E-state index contributed by atoms with van der Waals surface area (Å²) in [6.45, 7) is 0.410. The van der Waals surface area contributed by atoms with Gasteiger partial charge in [-0.15, -0.1) is 0 Å². The number of nitrogens with two attached hydrogens (primary N) is 1. The van der Waals surface area contributed by atoms with E-state index in [2.05, 4.69) is 5.32 Å². The predicted molar refractivity (Wildman–Crippen MR) is 77.1 cm³/mol. The molecule has 0 radical (unpaired) electrons. The number of rotatable bonds is 4. The largest absolute Gasteiger partial charge is 0.504 e. The average Bonchev–Trinajstić information content (AvgIpc) is 2.41. The minimum Gasteiger partial charge on any atom is -0.504 e. The zero-order chi connectivity index (χ0) is 14.7. The molecular weight excluding hydrogens is 280 g/mol. The molecule has 0 bridgehead atoms. The quantitative estimate of drug-likeness (QED) is 0.651. The van der Waals surface area contributed by atoms with Crippen molar-refractivity contribution in [3.63, 3.8) is 0 Å². The predicted octanol–water partition coefficient (Wildman–Crippen LogP) is 2.46. The van der Waals surface area contributed by atoms with Gasteiger partial charge in [-0.3, -0.25) is 4.79 Å². The number of anilines is 1. The zero-order valence-electron chi connectivity index (χ0n) is 10.4. The summed E-state index contributed by atoms with van der Waals surface area (Å²) < 4.78 is 0. The highest BCUT2D eigenvalue weighted by molar-refractivity contribution is 6.33. The van der Waals surface area contributed by atoms with E-state index >= 15 is 0 Å². The van der Waals surface area contributed by atoms with Crippen LogP contribution in [0, 0.1) is 0 Å². The van der Waals surface area contributed by atoms with E-state index in [1.807, 2.05) is 0 Å². The third-order valence-electron chi connectivity index (χ3n) is 2.77. The normalized spacial score (nSPS) is 10.2. The van der Waals surface area contributed by atoms with Gasteiger partial charge in [0.1, 0.15) is 0 Å². The molecule has 0 aromatic heterocycles. The van der Waals surface area contributed by atoms with Crippen LogP contribution in [0.15, 0.2) is 36.4 Å². The fourth-order valence-corrected chi connectivity index (χ4v) is 1.92. The molecule has 0 unspecified atom stereocenters. The number of carbonyl (C=O) groups excluding carboxylic acids is 1. The van der Waals surface area contributed by atoms with E-state index in [9.17, 15) is 15.0 Å². The van der Waals surface area contributed by atoms with Crippen molar-refractivity contribution in [2.24, 2.45) is 5.73 Å². The average molecular weight is 293 g/mol. The second kappa shape index (κ2) is 5.71. The summed E-state index contributed by atoms with van der Waals surface area (Å²) in [5, 5.41) is 22.0. The smallest absolute Gasteiger partial charge is 0.250 e. The number of carbonyl (C=O) groups is 1. The molecule has 0 fully saturated rings. The van der Waals surface area contributed by atoms with E-state index in [0.717, 1.165) is 5.56 Å². The number of amides is 1. The van der Waals surface area contributed by atoms with Crippen LogP contribution in [0.4, 0.5) is 5.69 Å². The van der Waals surface area contributed by atoms with Crippen molar-refractivity contribution in [2.45, 2.75) is 6.54 Å². The second-order valence-electron chi connectivity index (χ2n) is 4.24. The van der Waals surface area contributed by atoms with Crippen LogP contribution >= 0.6 is 11.6 Å². The van der Waals surface area contributed by atoms with Crippen LogP contribution in [0.2, 0.25) is 5.02 Å². The highest BCUT2D eigenvalue weighted by atomic mass is 35.5. The van der Waals surface area contributed by atoms with Crippen molar-refractivity contribution in [1.29, 1.82) is 0 Å². The molecule has 2 aromatic carbocycles. The number of halogens is 1. The molecule has 0 saturated carbocycles. The van der Waals surface area contributed by atoms with Crippen molar-refractivity contribution in [1.82, 2.24) is 0 Å². The van der Waals surface area contributed by atoms with Crippen LogP contribution in [-0.4, -0.2) is 16.1 Å². The Labute approximate surface area is 120 Å². The molecule has 6 heteroatoms. The van der Waals surface area contributed by atoms with Gasteiger partial charge in [-0.05, 0) is 35.9 Å². The lowest BCUT2D eigenvalue weighted by molar-refractivity contribution is 0.100. The van der Waals surface area contributed by atoms with E-state index in [1.165, 1.54) is 12.1 Å². The molecule has 0 aliphatic heterocycles. The number of primary amides is 1. The Kier molecular flexibility index (Phi) is 4.00. The minimum atomic E-state index is -0.596. The van der Waals surface area contributed by atoms with Gasteiger partial charge in [0.15, 0.2) is 11.5 Å². The Balaban J connectivity index is 2.12. The van der Waals surface area contributed by atoms with Gasteiger partial charge in [0, 0.05) is 12.2 Å². The summed E-state index contributed by atoms with van der Waals surface area (Å²) in [6, 6.07) is 9.39. The van der Waals surface area contributed by atoms with E-state index in [1.54, 1.807) is 24.3 Å². The molecule has 1 amide bonds. The van der Waals surface area contributed by atoms with E-state index in [0.29, 0.717) is 17.3 Å². The molecule has 0 spiro atoms. The topological polar surface area (TPSA) is 95.6 Å². The molecule has 2 aromatic rings. The van der Waals surface area contributed by atoms with Gasteiger partial charge in [-0.25, -0.2) is 0 Å². The third-order valence-corrected chi connectivity index (χ3v) is 3.10. The lowest BCUT2D eigenvalue weighted by atomic mass is 10.1. The maximum atomic E-state index is 11.2. The molecule has 104 valence electrons. The van der Waals surface area contributed by atoms with Crippen molar-refractivity contribution in [3.05, 3.63) is 52.5 Å². The third kappa shape index (κ3) is 3.13. The highest BCUT2D eigenvalue weighted by Gasteiger charge is 2.07. The lowest BCUT2D eigenvalue weighted by Gasteiger charge is -2.09. The van der Waals surface area contributed by atoms with Crippen molar-refractivity contribution >= 4 is 23.2 Å². The lowest BCUT2D eigenvalue weighted by Crippen LogP contribution is -2.12. The first kappa shape index (κ1) is 14.0. The summed E-state index contributed by atoms with van der Waals surface area (Å²) in [5.74, 6) is -0.949. The summed E-state index contributed by atoms with van der Waals surface area (Å²) in [6.07, 6.45) is 0. The molecule has 0 atom stereocenters. The molecule has 20 heavy (non-hydrogen) atoms. The number of nitrogens with one attached hydrogen (secondary N) is 1. The Morgan fingerprint density at radius 3 is 2.55 bits per heavy atom. The van der Waals surface area contributed by atoms with Crippen LogP contribution in [0.5, 0.6) is 11.5 Å². The van der Waals surface area contributed by atoms with E-state index in [4.69, 9.17) is 17.3 Å². The van der Waals surface area contributed by atoms with Crippen LogP contribution in [0.25, 0.3) is 0 Å². The minimum absolute atomic E-state index is 0.170. The molecule has 0 aliphatic carbocycles. The van der Waals surface area contributed by atoms with Gasteiger partial charge in [0.05, 0.1) is 10.6 Å². The number of aromatic hydroxyl groups is 2. The fraction of sp³-hybridized carbons (Fsp3) is 0.0714. The van der Waals surface area contributed by atoms with Crippen LogP contribution in [-0.2, 0) is 6.54 Å². The Morgan fingerprint density at radius 1 is 1.15 bits per heavy atom. The summed E-state index contributed by atoms with van der Waals surface area (Å²) in [5.41, 5.74) is 6.91. The van der Waals surface area contributed by atoms with Crippen LogP contribution < -0.4 is 11.1 Å². The zero-order valence-corrected chi connectivity index (χ0v) is 11.2. The number of hydrogen-bond acceptors (Lipinski definition) is 4. The van der Waals surface area contributed by atoms with Crippen molar-refractivity contribution < 1.29 is 15.0 Å². The van der Waals surface area contributed by atoms with Gasteiger partial charge >= 0.3 is 0 Å². The van der Waals surface area contributed by atoms with E-state index in [-0.39, 0.29) is 17.1 Å². The first-order valence-corrected chi connectivity index (χ1v) is 6.19. The van der Waals surface area contributed by atoms with Gasteiger partial charge in [0.2, 0.25) is 5.91 Å². The number of phenols is 2. The van der Waals surface area contributed by atoms with Gasteiger partial charge < -0.3 is 21.3 Å². The first-order chi connectivity index (χ1) is 9.47. The molecule has 5 N–H and O–H groups in total. The molecular formula is C14H13ClN2O3. The SMILES string of the molecule is NC(=O)c1cc(NCc2ccc(O)c(O)c2)ccc1Cl. The number of hydrogen-bond donors (Lipinski definition) is 4. The van der Waals surface area contributed by atoms with Gasteiger partial charge in [0.25, 0.3) is 0 Å². The van der Waals surface area contributed by atoms with E-state index < -0.39 is 5.91 Å². The van der Waals surface area contributed by atoms with Crippen LogP contribution in [0.3, 0.4) is 0 Å². The van der Waals surface area contributed by atoms with Crippen molar-refractivity contribution in [2.75, 3.05) is 5.32 Å². The molecule has 2 rings (SSSR count). The monoisotopic (exact) mass is 292 g/mol. The number of phenolic OH excluding ortho intramolecular Hbond substituents is 2. The molecule has 0 heterocycles. The van der Waals surface area contributed by atoms with Gasteiger partial charge in [-0.1, -0.05) is 17.7 Å². The second-order valence-corrected chi connectivity index (χ2v) is 4.64. The van der Waals surface area contributed by atoms with Crippen molar-refractivity contribution in [3.8, 4) is 11.5 Å². The summed E-state index contributed by atoms with van der Waals surface area (Å²) in [7, 11) is 0. The summed E-state index contributed by atoms with van der Waals surface area (Å²) in [4.78, 5) is 11.2.